The first-order valence-corrected chi connectivity index (χ1v) is 5.57. The SMILES string of the molecule is CCCCO.CCCCO.CCCO. The van der Waals surface area contributed by atoms with E-state index in [1.54, 1.807) is 0 Å². The number of rotatable bonds is 5. The number of hydrogen-bond donors (Lipinski definition) is 3. The minimum Gasteiger partial charge on any atom is -0.396 e. The Morgan fingerprint density at radius 3 is 0.857 bits per heavy atom. The van der Waals surface area contributed by atoms with Crippen molar-refractivity contribution in [2.45, 2.75) is 52.9 Å². The molecule has 0 atom stereocenters. The summed E-state index contributed by atoms with van der Waals surface area (Å²) in [5.41, 5.74) is 0. The first-order chi connectivity index (χ1) is 6.74. The predicted octanol–water partition coefficient (Wildman–Crippen LogP) is 1.95. The molecule has 0 aromatic carbocycles. The van der Waals surface area contributed by atoms with Crippen LogP contribution in [-0.4, -0.2) is 35.1 Å². The molecule has 3 heteroatoms. The van der Waals surface area contributed by atoms with Crippen molar-refractivity contribution in [3.8, 4) is 0 Å². The van der Waals surface area contributed by atoms with E-state index >= 15 is 0 Å². The molecule has 3 nitrogen and oxygen atoms in total. The summed E-state index contributed by atoms with van der Waals surface area (Å²) in [5.74, 6) is 0. The maximum Gasteiger partial charge on any atom is 0.0430 e. The second-order valence-electron chi connectivity index (χ2n) is 2.88. The normalized spacial score (nSPS) is 8.14. The van der Waals surface area contributed by atoms with Gasteiger partial charge >= 0.3 is 0 Å². The zero-order valence-electron chi connectivity index (χ0n) is 10.00. The van der Waals surface area contributed by atoms with Gasteiger partial charge in [0.25, 0.3) is 0 Å². The summed E-state index contributed by atoms with van der Waals surface area (Å²) in [6, 6.07) is 0. The molecule has 0 radical (unpaired) electrons. The highest BCUT2D eigenvalue weighted by Gasteiger charge is 1.69. The van der Waals surface area contributed by atoms with Crippen molar-refractivity contribution >= 4 is 0 Å². The third kappa shape index (κ3) is 59.1. The number of hydrogen-bond acceptors (Lipinski definition) is 3. The zero-order valence-corrected chi connectivity index (χ0v) is 10.00. The van der Waals surface area contributed by atoms with E-state index in [0.717, 1.165) is 32.1 Å². The van der Waals surface area contributed by atoms with Crippen molar-refractivity contribution < 1.29 is 15.3 Å². The Balaban J connectivity index is -0.000000131. The van der Waals surface area contributed by atoms with Gasteiger partial charge in [0, 0.05) is 19.8 Å². The van der Waals surface area contributed by atoms with Gasteiger partial charge in [-0.25, -0.2) is 0 Å². The second kappa shape index (κ2) is 29.3. The van der Waals surface area contributed by atoms with Crippen molar-refractivity contribution in [2.24, 2.45) is 0 Å². The van der Waals surface area contributed by atoms with E-state index in [1.165, 1.54) is 0 Å². The molecule has 0 aromatic rings. The molecule has 3 N–H and O–H groups in total. The summed E-state index contributed by atoms with van der Waals surface area (Å²) < 4.78 is 0. The molecule has 0 amide bonds. The van der Waals surface area contributed by atoms with E-state index in [2.05, 4.69) is 13.8 Å². The molecule has 0 fully saturated rings. The summed E-state index contributed by atoms with van der Waals surface area (Å²) >= 11 is 0. The maximum absolute atomic E-state index is 8.07. The van der Waals surface area contributed by atoms with Crippen molar-refractivity contribution in [1.29, 1.82) is 0 Å². The average Bonchev–Trinajstić information content (AvgIpc) is 2.22. The highest BCUT2D eigenvalue weighted by atomic mass is 16.3. The lowest BCUT2D eigenvalue weighted by atomic mass is 10.4. The Morgan fingerprint density at radius 1 is 0.571 bits per heavy atom. The average molecular weight is 208 g/mol. The van der Waals surface area contributed by atoms with Crippen LogP contribution in [0.1, 0.15) is 52.9 Å². The molecule has 0 aliphatic rings. The molecule has 14 heavy (non-hydrogen) atoms. The van der Waals surface area contributed by atoms with Gasteiger partial charge in [-0.2, -0.15) is 0 Å². The van der Waals surface area contributed by atoms with Gasteiger partial charge in [-0.15, -0.1) is 0 Å². The van der Waals surface area contributed by atoms with Crippen LogP contribution in [0.25, 0.3) is 0 Å². The van der Waals surface area contributed by atoms with Crippen molar-refractivity contribution in [2.75, 3.05) is 19.8 Å². The largest absolute Gasteiger partial charge is 0.396 e. The van der Waals surface area contributed by atoms with Gasteiger partial charge in [0.15, 0.2) is 0 Å². The van der Waals surface area contributed by atoms with Gasteiger partial charge in [-0.05, 0) is 19.3 Å². The Morgan fingerprint density at radius 2 is 0.857 bits per heavy atom. The Hall–Kier alpha value is -0.120. The van der Waals surface area contributed by atoms with Gasteiger partial charge in [0.1, 0.15) is 0 Å². The van der Waals surface area contributed by atoms with Crippen LogP contribution in [0.2, 0.25) is 0 Å². The lowest BCUT2D eigenvalue weighted by molar-refractivity contribution is 0.286. The molecule has 0 rings (SSSR count). The Labute approximate surface area is 88.8 Å². The van der Waals surface area contributed by atoms with E-state index in [4.69, 9.17) is 15.3 Å². The Bertz CT molecular complexity index is 46.5. The smallest absolute Gasteiger partial charge is 0.0430 e. The minimum atomic E-state index is 0.319. The summed E-state index contributed by atoms with van der Waals surface area (Å²) in [6.45, 7) is 7.04. The van der Waals surface area contributed by atoms with Crippen molar-refractivity contribution in [3.05, 3.63) is 0 Å². The molecule has 0 unspecified atom stereocenters. The number of aliphatic hydroxyl groups excluding tert-OH is 3. The van der Waals surface area contributed by atoms with E-state index in [-0.39, 0.29) is 0 Å². The van der Waals surface area contributed by atoms with Crippen molar-refractivity contribution in [3.63, 3.8) is 0 Å². The van der Waals surface area contributed by atoms with Crippen LogP contribution in [0, 0.1) is 0 Å². The predicted molar refractivity (Wildman–Crippen MR) is 61.4 cm³/mol. The quantitative estimate of drug-likeness (QED) is 0.647. The van der Waals surface area contributed by atoms with Gasteiger partial charge in [0.2, 0.25) is 0 Å². The van der Waals surface area contributed by atoms with Gasteiger partial charge < -0.3 is 15.3 Å². The van der Waals surface area contributed by atoms with Crippen LogP contribution in [0.4, 0.5) is 0 Å². The first kappa shape index (κ1) is 19.5. The molecular weight excluding hydrogens is 180 g/mol. The van der Waals surface area contributed by atoms with Crippen LogP contribution >= 0.6 is 0 Å². The fourth-order valence-electron chi connectivity index (χ4n) is 0.316. The standard InChI is InChI=1S/2C4H10O.C3H8O/c2*1-2-3-4-5;1-2-3-4/h2*5H,2-4H2,1H3;4H,2-3H2,1H3. The van der Waals surface area contributed by atoms with E-state index in [1.807, 2.05) is 6.92 Å². The van der Waals surface area contributed by atoms with Gasteiger partial charge in [0.05, 0.1) is 0 Å². The van der Waals surface area contributed by atoms with Gasteiger partial charge in [-0.3, -0.25) is 0 Å². The third-order valence-electron chi connectivity index (χ3n) is 1.25. The maximum atomic E-state index is 8.07. The molecule has 0 spiro atoms. The monoisotopic (exact) mass is 208 g/mol. The van der Waals surface area contributed by atoms with E-state index in [0.29, 0.717) is 19.8 Å². The zero-order chi connectivity index (χ0) is 11.7. The van der Waals surface area contributed by atoms with Gasteiger partial charge in [-0.1, -0.05) is 33.6 Å². The highest BCUT2D eigenvalue weighted by molar-refractivity contribution is 4.23. The van der Waals surface area contributed by atoms with Crippen LogP contribution in [0.5, 0.6) is 0 Å². The number of aliphatic hydroxyl groups is 3. The molecule has 0 aliphatic heterocycles. The molecular formula is C11H28O3. The summed E-state index contributed by atoms with van der Waals surface area (Å²) in [5, 5.41) is 24.0. The lowest BCUT2D eigenvalue weighted by Gasteiger charge is -1.79. The molecule has 0 saturated carbocycles. The lowest BCUT2D eigenvalue weighted by Crippen LogP contribution is -1.75. The molecule has 0 aliphatic carbocycles. The second-order valence-corrected chi connectivity index (χ2v) is 2.88. The topological polar surface area (TPSA) is 60.7 Å². The van der Waals surface area contributed by atoms with Crippen LogP contribution in [-0.2, 0) is 0 Å². The highest BCUT2D eigenvalue weighted by Crippen LogP contribution is 1.79. The van der Waals surface area contributed by atoms with Crippen LogP contribution in [0.15, 0.2) is 0 Å². The molecule has 0 aromatic heterocycles. The minimum absolute atomic E-state index is 0.319. The molecule has 0 bridgehead atoms. The van der Waals surface area contributed by atoms with E-state index < -0.39 is 0 Å². The third-order valence-corrected chi connectivity index (χ3v) is 1.25. The fraction of sp³-hybridized carbons (Fsp3) is 1.00. The molecule has 0 heterocycles. The fourth-order valence-corrected chi connectivity index (χ4v) is 0.316. The van der Waals surface area contributed by atoms with Crippen LogP contribution in [0.3, 0.4) is 0 Å². The van der Waals surface area contributed by atoms with E-state index in [9.17, 15) is 0 Å². The summed E-state index contributed by atoms with van der Waals surface area (Å²) in [7, 11) is 0. The van der Waals surface area contributed by atoms with Crippen molar-refractivity contribution in [1.82, 2.24) is 0 Å². The summed E-state index contributed by atoms with van der Waals surface area (Å²) in [6.07, 6.45) is 4.95. The van der Waals surface area contributed by atoms with Crippen LogP contribution < -0.4 is 0 Å². The molecule has 90 valence electrons. The Kier molecular flexibility index (Phi) is 40.7. The molecule has 0 saturated heterocycles. The first-order valence-electron chi connectivity index (χ1n) is 5.57. The summed E-state index contributed by atoms with van der Waals surface area (Å²) in [4.78, 5) is 0. The number of unbranched alkanes of at least 4 members (excludes halogenated alkanes) is 2.